The van der Waals surface area contributed by atoms with Gasteiger partial charge in [-0.05, 0) is 34.2 Å². The Morgan fingerprint density at radius 2 is 1.52 bits per heavy atom. The van der Waals surface area contributed by atoms with E-state index in [9.17, 15) is 0 Å². The molecule has 0 unspecified atom stereocenters. The molecule has 0 saturated heterocycles. The van der Waals surface area contributed by atoms with Crippen LogP contribution < -0.4 is 0 Å². The van der Waals surface area contributed by atoms with Crippen molar-refractivity contribution in [3.63, 3.8) is 0 Å². The lowest BCUT2D eigenvalue weighted by Gasteiger charge is -2.07. The first kappa shape index (κ1) is 16.1. The number of aromatic nitrogens is 1. The van der Waals surface area contributed by atoms with Crippen LogP contribution in [0.25, 0.3) is 49.4 Å². The van der Waals surface area contributed by atoms with Crippen LogP contribution in [0.5, 0.6) is 0 Å². The zero-order valence-corrected chi connectivity index (χ0v) is 15.9. The molecule has 27 heavy (non-hydrogen) atoms. The van der Waals surface area contributed by atoms with E-state index in [1.807, 2.05) is 0 Å². The first-order valence-corrected chi connectivity index (χ1v) is 9.77. The Morgan fingerprint density at radius 1 is 0.778 bits per heavy atom. The minimum absolute atomic E-state index is 1.13. The molecule has 1 heteroatoms. The minimum atomic E-state index is 1.13. The third-order valence-electron chi connectivity index (χ3n) is 5.67. The summed E-state index contributed by atoms with van der Waals surface area (Å²) in [5, 5.41) is 7.94. The highest BCUT2D eigenvalue weighted by Crippen LogP contribution is 2.36. The summed E-state index contributed by atoms with van der Waals surface area (Å²) in [6.45, 7) is 2.21. The second kappa shape index (κ2) is 6.28. The molecule has 1 aromatic heterocycles. The predicted octanol–water partition coefficient (Wildman–Crippen LogP) is 7.45. The van der Waals surface area contributed by atoms with Gasteiger partial charge in [-0.2, -0.15) is 0 Å². The second-order valence-corrected chi connectivity index (χ2v) is 7.37. The van der Waals surface area contributed by atoms with E-state index >= 15 is 0 Å². The zero-order valence-electron chi connectivity index (χ0n) is 15.9. The molecule has 5 rings (SSSR count). The fourth-order valence-electron chi connectivity index (χ4n) is 4.32. The summed E-state index contributed by atoms with van der Waals surface area (Å²) < 4.78 is 2.36. The number of benzene rings is 4. The molecule has 0 aliphatic carbocycles. The molecule has 0 bridgehead atoms. The van der Waals surface area contributed by atoms with Crippen LogP contribution >= 0.6 is 0 Å². The normalized spacial score (nSPS) is 12.2. The van der Waals surface area contributed by atoms with Crippen molar-refractivity contribution in [1.82, 2.24) is 4.57 Å². The van der Waals surface area contributed by atoms with Gasteiger partial charge in [-0.15, -0.1) is 0 Å². The van der Waals surface area contributed by atoms with E-state index in [4.69, 9.17) is 0 Å². The monoisotopic (exact) mass is 349 g/mol. The van der Waals surface area contributed by atoms with Crippen molar-refractivity contribution in [1.29, 1.82) is 0 Å². The van der Waals surface area contributed by atoms with Crippen molar-refractivity contribution in [2.24, 2.45) is 7.05 Å². The van der Waals surface area contributed by atoms with Gasteiger partial charge in [0.2, 0.25) is 0 Å². The smallest absolute Gasteiger partial charge is 0.0568 e. The molecule has 0 N–H and O–H groups in total. The Kier molecular flexibility index (Phi) is 3.75. The van der Waals surface area contributed by atoms with Crippen molar-refractivity contribution >= 4 is 49.4 Å². The second-order valence-electron chi connectivity index (χ2n) is 7.37. The van der Waals surface area contributed by atoms with Crippen LogP contribution in [0, 0.1) is 0 Å². The van der Waals surface area contributed by atoms with Gasteiger partial charge in [0.25, 0.3) is 0 Å². The number of unbranched alkanes of at least 4 members (excludes halogenated alkanes) is 1. The van der Waals surface area contributed by atoms with E-state index < -0.39 is 0 Å². The number of fused-ring (bicyclic) bond motifs is 7. The molecule has 4 aromatic carbocycles. The molecule has 132 valence electrons. The zero-order chi connectivity index (χ0) is 18.4. The van der Waals surface area contributed by atoms with Gasteiger partial charge in [-0.1, -0.05) is 86.2 Å². The fourth-order valence-corrected chi connectivity index (χ4v) is 4.32. The summed E-state index contributed by atoms with van der Waals surface area (Å²) in [5.41, 5.74) is 3.89. The lowest BCUT2D eigenvalue weighted by Crippen LogP contribution is -1.89. The van der Waals surface area contributed by atoms with Crippen LogP contribution in [0.1, 0.15) is 25.3 Å². The van der Waals surface area contributed by atoms with Crippen molar-refractivity contribution in [3.8, 4) is 0 Å². The fraction of sp³-hybridized carbons (Fsp3) is 0.154. The van der Waals surface area contributed by atoms with Gasteiger partial charge in [0.05, 0.1) is 5.52 Å². The molecule has 0 saturated carbocycles. The highest BCUT2D eigenvalue weighted by Gasteiger charge is 2.12. The van der Waals surface area contributed by atoms with E-state index in [1.165, 1.54) is 55.3 Å². The molecule has 0 atom stereocenters. The highest BCUT2D eigenvalue weighted by molar-refractivity contribution is 6.22. The van der Waals surface area contributed by atoms with Crippen LogP contribution in [-0.2, 0) is 7.05 Å². The number of hydrogen-bond donors (Lipinski definition) is 0. The Bertz CT molecular complexity index is 1330. The lowest BCUT2D eigenvalue weighted by atomic mass is 9.99. The van der Waals surface area contributed by atoms with Crippen molar-refractivity contribution in [2.45, 2.75) is 19.8 Å². The SMILES string of the molecule is CCCC=Cc1ccc2c3ccc4c5ccccc5ccc4c3n(C)c2c1. The molecular weight excluding hydrogens is 326 g/mol. The number of allylic oxidation sites excluding steroid dienone is 1. The van der Waals surface area contributed by atoms with Gasteiger partial charge in [0.1, 0.15) is 0 Å². The number of aryl methyl sites for hydroxylation is 1. The van der Waals surface area contributed by atoms with E-state index in [0.29, 0.717) is 0 Å². The van der Waals surface area contributed by atoms with Crippen LogP contribution in [0.2, 0.25) is 0 Å². The predicted molar refractivity (Wildman–Crippen MR) is 119 cm³/mol. The number of nitrogens with zero attached hydrogens (tertiary/aromatic N) is 1. The first-order valence-electron chi connectivity index (χ1n) is 9.77. The Labute approximate surface area is 159 Å². The van der Waals surface area contributed by atoms with Gasteiger partial charge in [-0.25, -0.2) is 0 Å². The Balaban J connectivity index is 1.83. The molecular formula is C26H23N. The molecule has 0 fully saturated rings. The van der Waals surface area contributed by atoms with Gasteiger partial charge in [0, 0.05) is 28.7 Å². The Morgan fingerprint density at radius 3 is 2.41 bits per heavy atom. The van der Waals surface area contributed by atoms with Crippen LogP contribution in [-0.4, -0.2) is 4.57 Å². The summed E-state index contributed by atoms with van der Waals surface area (Å²) in [7, 11) is 2.19. The lowest BCUT2D eigenvalue weighted by molar-refractivity contribution is 0.962. The van der Waals surface area contributed by atoms with E-state index in [2.05, 4.69) is 97.4 Å². The third kappa shape index (κ3) is 2.46. The van der Waals surface area contributed by atoms with Gasteiger partial charge >= 0.3 is 0 Å². The van der Waals surface area contributed by atoms with Crippen LogP contribution in [0.3, 0.4) is 0 Å². The molecule has 0 radical (unpaired) electrons. The highest BCUT2D eigenvalue weighted by atomic mass is 14.9. The van der Waals surface area contributed by atoms with Crippen molar-refractivity contribution in [2.75, 3.05) is 0 Å². The summed E-state index contributed by atoms with van der Waals surface area (Å²) in [6, 6.07) is 24.6. The van der Waals surface area contributed by atoms with Gasteiger partial charge in [-0.3, -0.25) is 0 Å². The Hall–Kier alpha value is -3.06. The van der Waals surface area contributed by atoms with Gasteiger partial charge in [0.15, 0.2) is 0 Å². The molecule has 0 spiro atoms. The van der Waals surface area contributed by atoms with Crippen LogP contribution in [0.15, 0.2) is 72.8 Å². The maximum absolute atomic E-state index is 2.36. The maximum Gasteiger partial charge on any atom is 0.0568 e. The number of rotatable bonds is 3. The molecule has 1 nitrogen and oxygen atoms in total. The summed E-state index contributed by atoms with van der Waals surface area (Å²) in [5.74, 6) is 0. The average molecular weight is 349 g/mol. The molecule has 0 amide bonds. The summed E-state index contributed by atoms with van der Waals surface area (Å²) in [6.07, 6.45) is 6.83. The molecule has 0 aliphatic heterocycles. The largest absolute Gasteiger partial charge is 0.343 e. The summed E-state index contributed by atoms with van der Waals surface area (Å²) >= 11 is 0. The van der Waals surface area contributed by atoms with Crippen LogP contribution in [0.4, 0.5) is 0 Å². The quantitative estimate of drug-likeness (QED) is 0.298. The molecule has 1 heterocycles. The maximum atomic E-state index is 2.36. The first-order chi connectivity index (χ1) is 13.3. The number of hydrogen-bond acceptors (Lipinski definition) is 0. The molecule has 5 aromatic rings. The van der Waals surface area contributed by atoms with E-state index in [1.54, 1.807) is 0 Å². The molecule has 0 aliphatic rings. The third-order valence-corrected chi connectivity index (χ3v) is 5.67. The summed E-state index contributed by atoms with van der Waals surface area (Å²) in [4.78, 5) is 0. The average Bonchev–Trinajstić information content (AvgIpc) is 3.00. The van der Waals surface area contributed by atoms with Gasteiger partial charge < -0.3 is 4.57 Å². The van der Waals surface area contributed by atoms with Crippen molar-refractivity contribution < 1.29 is 0 Å². The van der Waals surface area contributed by atoms with E-state index in [-0.39, 0.29) is 0 Å². The van der Waals surface area contributed by atoms with Crippen molar-refractivity contribution in [3.05, 3.63) is 78.4 Å². The van der Waals surface area contributed by atoms with E-state index in [0.717, 1.165) is 6.42 Å². The minimum Gasteiger partial charge on any atom is -0.343 e. The standard InChI is InChI=1S/C26H23N/c1-3-4-5-8-18-11-13-22-24-16-15-21-20-10-7-6-9-19(20)12-14-23(21)26(24)27(2)25(22)17-18/h5-17H,3-4H2,1-2H3. The topological polar surface area (TPSA) is 4.93 Å².